The van der Waals surface area contributed by atoms with Crippen molar-refractivity contribution in [3.05, 3.63) is 52.1 Å². The maximum atomic E-state index is 12.4. The summed E-state index contributed by atoms with van der Waals surface area (Å²) in [5, 5.41) is 0. The molecular formula is C17H12BrN3O4. The van der Waals surface area contributed by atoms with Gasteiger partial charge in [-0.2, -0.15) is 0 Å². The highest BCUT2D eigenvalue weighted by atomic mass is 79.9. The largest absolute Gasteiger partial charge is 0.480 e. The van der Waals surface area contributed by atoms with Crippen LogP contribution < -0.4 is 9.64 Å². The number of fused-ring (bicyclic) bond motifs is 2. The van der Waals surface area contributed by atoms with E-state index in [4.69, 9.17) is 4.74 Å². The van der Waals surface area contributed by atoms with Crippen molar-refractivity contribution in [2.75, 3.05) is 24.6 Å². The van der Waals surface area contributed by atoms with Crippen molar-refractivity contribution in [3.8, 4) is 5.75 Å². The molecule has 25 heavy (non-hydrogen) atoms. The molecule has 7 nitrogen and oxygen atoms in total. The number of anilines is 1. The second kappa shape index (κ2) is 5.96. The fourth-order valence-corrected chi connectivity index (χ4v) is 3.23. The van der Waals surface area contributed by atoms with Gasteiger partial charge in [-0.3, -0.25) is 24.2 Å². The molecule has 8 heteroatoms. The van der Waals surface area contributed by atoms with Gasteiger partial charge in [-0.15, -0.1) is 0 Å². The summed E-state index contributed by atoms with van der Waals surface area (Å²) in [6, 6.07) is 10.1. The Labute approximate surface area is 151 Å². The van der Waals surface area contributed by atoms with Crippen LogP contribution in [-0.2, 0) is 4.79 Å². The highest BCUT2D eigenvalue weighted by Gasteiger charge is 2.36. The van der Waals surface area contributed by atoms with Gasteiger partial charge < -0.3 is 4.74 Å². The zero-order chi connectivity index (χ0) is 17.6. The van der Waals surface area contributed by atoms with Crippen LogP contribution in [0.5, 0.6) is 5.75 Å². The van der Waals surface area contributed by atoms with E-state index in [1.54, 1.807) is 36.4 Å². The first-order chi connectivity index (χ1) is 12.1. The van der Waals surface area contributed by atoms with Gasteiger partial charge in [0.1, 0.15) is 4.60 Å². The number of pyridine rings is 1. The lowest BCUT2D eigenvalue weighted by Gasteiger charge is -2.29. The van der Waals surface area contributed by atoms with Crippen LogP contribution in [0.2, 0.25) is 0 Å². The third-order valence-electron chi connectivity index (χ3n) is 4.14. The predicted octanol–water partition coefficient (Wildman–Crippen LogP) is 1.87. The summed E-state index contributed by atoms with van der Waals surface area (Å²) in [6.45, 7) is 0.147. The van der Waals surface area contributed by atoms with Crippen molar-refractivity contribution in [2.45, 2.75) is 0 Å². The summed E-state index contributed by atoms with van der Waals surface area (Å²) in [6.07, 6.45) is 0. The molecular weight excluding hydrogens is 390 g/mol. The monoisotopic (exact) mass is 401 g/mol. The van der Waals surface area contributed by atoms with Gasteiger partial charge >= 0.3 is 0 Å². The minimum atomic E-state index is -0.344. The molecule has 1 aromatic heterocycles. The molecule has 126 valence electrons. The number of rotatable bonds is 3. The third kappa shape index (κ3) is 2.58. The normalized spacial score (nSPS) is 16.0. The van der Waals surface area contributed by atoms with Crippen molar-refractivity contribution in [1.29, 1.82) is 0 Å². The molecule has 0 spiro atoms. The molecule has 2 aliphatic rings. The number of carbonyl (C=O) groups is 3. The first-order valence-corrected chi connectivity index (χ1v) is 8.40. The molecule has 0 saturated carbocycles. The van der Waals surface area contributed by atoms with Crippen molar-refractivity contribution in [3.63, 3.8) is 0 Å². The van der Waals surface area contributed by atoms with Crippen LogP contribution in [-0.4, -0.2) is 47.3 Å². The quantitative estimate of drug-likeness (QED) is 0.579. The van der Waals surface area contributed by atoms with E-state index < -0.39 is 0 Å². The number of carbonyl (C=O) groups excluding carboxylic acids is 3. The average Bonchev–Trinajstić information content (AvgIpc) is 2.86. The maximum absolute atomic E-state index is 12.4. The van der Waals surface area contributed by atoms with E-state index >= 15 is 0 Å². The molecule has 0 N–H and O–H groups in total. The second-order valence-corrected chi connectivity index (χ2v) is 6.41. The topological polar surface area (TPSA) is 79.8 Å². The van der Waals surface area contributed by atoms with Gasteiger partial charge in [0.15, 0.2) is 18.2 Å². The second-order valence-electron chi connectivity index (χ2n) is 5.60. The Balaban J connectivity index is 1.57. The molecule has 0 radical (unpaired) electrons. The molecule has 1 aromatic carbocycles. The summed E-state index contributed by atoms with van der Waals surface area (Å²) in [4.78, 5) is 43.9. The van der Waals surface area contributed by atoms with Crippen LogP contribution in [0.15, 0.2) is 41.0 Å². The Bertz CT molecular complexity index is 880. The summed E-state index contributed by atoms with van der Waals surface area (Å²) < 4.78 is 5.93. The zero-order valence-corrected chi connectivity index (χ0v) is 14.5. The van der Waals surface area contributed by atoms with E-state index in [0.29, 0.717) is 27.3 Å². The number of imide groups is 1. The molecule has 0 aliphatic carbocycles. The third-order valence-corrected chi connectivity index (χ3v) is 4.58. The van der Waals surface area contributed by atoms with Crippen molar-refractivity contribution < 1.29 is 19.1 Å². The van der Waals surface area contributed by atoms with E-state index in [1.165, 1.54) is 4.90 Å². The molecule has 0 bridgehead atoms. The minimum absolute atomic E-state index is 0.0890. The van der Waals surface area contributed by atoms with Crippen LogP contribution in [0.3, 0.4) is 0 Å². The molecule has 0 saturated heterocycles. The summed E-state index contributed by atoms with van der Waals surface area (Å²) in [5.74, 6) is -0.0884. The Hall–Kier alpha value is -2.74. The number of halogens is 1. The zero-order valence-electron chi connectivity index (χ0n) is 12.9. The Morgan fingerprint density at radius 1 is 0.960 bits per heavy atom. The van der Waals surface area contributed by atoms with Gasteiger partial charge in [-0.1, -0.05) is 12.1 Å². The maximum Gasteiger partial charge on any atom is 0.266 e. The number of hydrogen-bond acceptors (Lipinski definition) is 5. The number of hydrogen-bond donors (Lipinski definition) is 0. The lowest BCUT2D eigenvalue weighted by Crippen LogP contribution is -2.45. The average molecular weight is 402 g/mol. The van der Waals surface area contributed by atoms with E-state index in [9.17, 15) is 14.4 Å². The molecule has 2 aromatic rings. The van der Waals surface area contributed by atoms with Gasteiger partial charge in [0, 0.05) is 13.1 Å². The van der Waals surface area contributed by atoms with Gasteiger partial charge in [0.05, 0.1) is 11.1 Å². The smallest absolute Gasteiger partial charge is 0.266 e. The van der Waals surface area contributed by atoms with Gasteiger partial charge in [0.25, 0.3) is 17.7 Å². The molecule has 4 rings (SSSR count). The lowest BCUT2D eigenvalue weighted by atomic mass is 10.1. The Morgan fingerprint density at radius 2 is 1.60 bits per heavy atom. The van der Waals surface area contributed by atoms with Crippen LogP contribution in [0.1, 0.15) is 20.7 Å². The van der Waals surface area contributed by atoms with E-state index in [0.717, 1.165) is 4.90 Å². The molecule has 0 unspecified atom stereocenters. The summed E-state index contributed by atoms with van der Waals surface area (Å²) in [5.41, 5.74) is 0.782. The van der Waals surface area contributed by atoms with Crippen molar-refractivity contribution in [1.82, 2.24) is 9.88 Å². The fourth-order valence-electron chi connectivity index (χ4n) is 2.93. The van der Waals surface area contributed by atoms with Crippen LogP contribution >= 0.6 is 15.9 Å². The lowest BCUT2D eigenvalue weighted by molar-refractivity contribution is -0.121. The fraction of sp³-hybridized carbons (Fsp3) is 0.176. The highest BCUT2D eigenvalue weighted by Crippen LogP contribution is 2.31. The number of ether oxygens (including phenoxy) is 1. The predicted molar refractivity (Wildman–Crippen MR) is 91.6 cm³/mol. The molecule has 0 atom stereocenters. The molecule has 2 aliphatic heterocycles. The number of benzene rings is 1. The highest BCUT2D eigenvalue weighted by molar-refractivity contribution is 9.10. The van der Waals surface area contributed by atoms with Gasteiger partial charge in [0.2, 0.25) is 0 Å². The Kier molecular flexibility index (Phi) is 3.76. The van der Waals surface area contributed by atoms with Crippen LogP contribution in [0.4, 0.5) is 5.82 Å². The minimum Gasteiger partial charge on any atom is -0.480 e. The van der Waals surface area contributed by atoms with E-state index in [1.807, 2.05) is 0 Å². The molecule has 3 amide bonds. The van der Waals surface area contributed by atoms with Crippen molar-refractivity contribution in [2.24, 2.45) is 0 Å². The van der Waals surface area contributed by atoms with E-state index in [2.05, 4.69) is 20.9 Å². The molecule has 0 fully saturated rings. The van der Waals surface area contributed by atoms with E-state index in [-0.39, 0.29) is 37.4 Å². The van der Waals surface area contributed by atoms with Crippen LogP contribution in [0, 0.1) is 0 Å². The summed E-state index contributed by atoms with van der Waals surface area (Å²) >= 11 is 3.27. The standard InChI is InChI=1S/C17H12BrN3O4/c18-13-6-5-12-15(19-13)20(14(22)9-25-12)7-8-21-16(23)10-3-1-2-4-11(10)17(21)24/h1-6H,7-9H2. The first kappa shape index (κ1) is 15.8. The van der Waals surface area contributed by atoms with Crippen LogP contribution in [0.25, 0.3) is 0 Å². The first-order valence-electron chi connectivity index (χ1n) is 7.61. The van der Waals surface area contributed by atoms with Gasteiger partial charge in [-0.05, 0) is 40.2 Å². The van der Waals surface area contributed by atoms with Crippen molar-refractivity contribution >= 4 is 39.5 Å². The van der Waals surface area contributed by atoms with Gasteiger partial charge in [-0.25, -0.2) is 4.98 Å². The Morgan fingerprint density at radius 3 is 2.28 bits per heavy atom. The number of nitrogens with zero attached hydrogens (tertiary/aromatic N) is 3. The SMILES string of the molecule is O=C1c2ccccc2C(=O)N1CCN1C(=O)COc2ccc(Br)nc21. The summed E-state index contributed by atoms with van der Waals surface area (Å²) in [7, 11) is 0. The number of amides is 3. The number of aromatic nitrogens is 1. The molecule has 3 heterocycles.